The Labute approximate surface area is 115 Å². The van der Waals surface area contributed by atoms with Gasteiger partial charge in [-0.2, -0.15) is 0 Å². The molecule has 0 radical (unpaired) electrons. The van der Waals surface area contributed by atoms with Gasteiger partial charge in [0.2, 0.25) is 0 Å². The van der Waals surface area contributed by atoms with Crippen molar-refractivity contribution in [1.29, 1.82) is 0 Å². The van der Waals surface area contributed by atoms with E-state index in [4.69, 9.17) is 10.2 Å². The predicted molar refractivity (Wildman–Crippen MR) is 74.3 cm³/mol. The quantitative estimate of drug-likeness (QED) is 0.449. The summed E-state index contributed by atoms with van der Waals surface area (Å²) in [5.74, 6) is -2.18. The molecule has 5 nitrogen and oxygen atoms in total. The Hall–Kier alpha value is -1.10. The third-order valence-electron chi connectivity index (χ3n) is 3.10. The highest BCUT2D eigenvalue weighted by Gasteiger charge is 2.19. The zero-order valence-corrected chi connectivity index (χ0v) is 11.9. The molecule has 0 saturated carbocycles. The smallest absolute Gasteiger partial charge is 0.321 e. The summed E-state index contributed by atoms with van der Waals surface area (Å²) in [6.07, 6.45) is 9.13. The van der Waals surface area contributed by atoms with Crippen LogP contribution in [0.4, 0.5) is 0 Å². The normalized spacial score (nSPS) is 12.3. The highest BCUT2D eigenvalue weighted by Crippen LogP contribution is 2.08. The van der Waals surface area contributed by atoms with E-state index < -0.39 is 18.0 Å². The zero-order valence-electron chi connectivity index (χ0n) is 11.9. The second-order valence-electron chi connectivity index (χ2n) is 4.92. The molecule has 3 N–H and O–H groups in total. The Kier molecular flexibility index (Phi) is 11.3. The fourth-order valence-corrected chi connectivity index (χ4v) is 1.96. The number of aliphatic carboxylic acids is 2. The monoisotopic (exact) mass is 273 g/mol. The zero-order chi connectivity index (χ0) is 14.5. The van der Waals surface area contributed by atoms with Crippen molar-refractivity contribution in [2.24, 2.45) is 0 Å². The van der Waals surface area contributed by atoms with E-state index in [-0.39, 0.29) is 6.42 Å². The van der Waals surface area contributed by atoms with Crippen LogP contribution in [0.25, 0.3) is 0 Å². The van der Waals surface area contributed by atoms with E-state index in [1.807, 2.05) is 0 Å². The minimum Gasteiger partial charge on any atom is -0.481 e. The first-order valence-electron chi connectivity index (χ1n) is 7.26. The molecule has 112 valence electrons. The first-order chi connectivity index (χ1) is 9.07. The number of hydrogen-bond acceptors (Lipinski definition) is 3. The van der Waals surface area contributed by atoms with Crippen molar-refractivity contribution in [1.82, 2.24) is 5.32 Å². The lowest BCUT2D eigenvalue weighted by atomic mass is 10.1. The molecule has 0 fully saturated rings. The Balaban J connectivity index is 3.45. The highest BCUT2D eigenvalue weighted by molar-refractivity contribution is 5.80. The van der Waals surface area contributed by atoms with Gasteiger partial charge >= 0.3 is 11.9 Å². The summed E-state index contributed by atoms with van der Waals surface area (Å²) in [4.78, 5) is 21.2. The molecule has 19 heavy (non-hydrogen) atoms. The second kappa shape index (κ2) is 12.0. The van der Waals surface area contributed by atoms with Crippen molar-refractivity contribution in [3.05, 3.63) is 0 Å². The van der Waals surface area contributed by atoms with Gasteiger partial charge in [-0.1, -0.05) is 51.9 Å². The first-order valence-corrected chi connectivity index (χ1v) is 7.26. The second-order valence-corrected chi connectivity index (χ2v) is 4.92. The molecular weight excluding hydrogens is 246 g/mol. The van der Waals surface area contributed by atoms with E-state index in [1.54, 1.807) is 0 Å². The van der Waals surface area contributed by atoms with Crippen LogP contribution in [0, 0.1) is 0 Å². The molecule has 0 aliphatic heterocycles. The van der Waals surface area contributed by atoms with Crippen molar-refractivity contribution in [3.63, 3.8) is 0 Å². The van der Waals surface area contributed by atoms with Gasteiger partial charge in [0, 0.05) is 0 Å². The molecule has 0 bridgehead atoms. The molecule has 0 saturated heterocycles. The number of rotatable bonds is 13. The Morgan fingerprint density at radius 3 is 1.95 bits per heavy atom. The lowest BCUT2D eigenvalue weighted by molar-refractivity contribution is -0.145. The lowest BCUT2D eigenvalue weighted by Gasteiger charge is -2.11. The SMILES string of the molecule is CCCCCCCCCCN[C@@H](CC(=O)O)C(=O)O. The minimum atomic E-state index is -1.10. The Morgan fingerprint density at radius 2 is 1.47 bits per heavy atom. The molecule has 0 spiro atoms. The van der Waals surface area contributed by atoms with Crippen LogP contribution in [-0.4, -0.2) is 34.7 Å². The molecular formula is C14H27NO4. The van der Waals surface area contributed by atoms with Gasteiger partial charge in [0.25, 0.3) is 0 Å². The maximum atomic E-state index is 10.8. The summed E-state index contributed by atoms with van der Waals surface area (Å²) in [6.45, 7) is 2.76. The van der Waals surface area contributed by atoms with Gasteiger partial charge in [0.05, 0.1) is 6.42 Å². The van der Waals surface area contributed by atoms with Crippen molar-refractivity contribution < 1.29 is 19.8 Å². The summed E-state index contributed by atoms with van der Waals surface area (Å²) in [5.41, 5.74) is 0. The maximum absolute atomic E-state index is 10.8. The van der Waals surface area contributed by atoms with Crippen molar-refractivity contribution in [2.75, 3.05) is 6.54 Å². The van der Waals surface area contributed by atoms with Crippen molar-refractivity contribution >= 4 is 11.9 Å². The topological polar surface area (TPSA) is 86.6 Å². The molecule has 0 aromatic carbocycles. The number of carboxylic acids is 2. The lowest BCUT2D eigenvalue weighted by Crippen LogP contribution is -2.39. The van der Waals surface area contributed by atoms with Crippen LogP contribution < -0.4 is 5.32 Å². The molecule has 0 unspecified atom stereocenters. The van der Waals surface area contributed by atoms with Gasteiger partial charge in [-0.25, -0.2) is 0 Å². The van der Waals surface area contributed by atoms with Crippen LogP contribution in [0.5, 0.6) is 0 Å². The summed E-state index contributed by atoms with van der Waals surface area (Å²) >= 11 is 0. The van der Waals surface area contributed by atoms with Gasteiger partial charge in [-0.15, -0.1) is 0 Å². The van der Waals surface area contributed by atoms with E-state index in [2.05, 4.69) is 12.2 Å². The molecule has 5 heteroatoms. The van der Waals surface area contributed by atoms with Crippen LogP contribution in [0.15, 0.2) is 0 Å². The summed E-state index contributed by atoms with van der Waals surface area (Å²) < 4.78 is 0. The molecule has 0 rings (SSSR count). The minimum absolute atomic E-state index is 0.369. The van der Waals surface area contributed by atoms with Crippen molar-refractivity contribution in [3.8, 4) is 0 Å². The number of carbonyl (C=O) groups is 2. The van der Waals surface area contributed by atoms with Crippen LogP contribution in [0.1, 0.15) is 64.7 Å². The molecule has 0 aromatic rings. The molecule has 0 aliphatic carbocycles. The van der Waals surface area contributed by atoms with Gasteiger partial charge in [-0.3, -0.25) is 9.59 Å². The predicted octanol–water partition coefficient (Wildman–Crippen LogP) is 2.64. The van der Waals surface area contributed by atoms with Crippen molar-refractivity contribution in [2.45, 2.75) is 70.8 Å². The van der Waals surface area contributed by atoms with E-state index in [1.165, 1.54) is 38.5 Å². The third-order valence-corrected chi connectivity index (χ3v) is 3.10. The van der Waals surface area contributed by atoms with Gasteiger partial charge in [-0.05, 0) is 13.0 Å². The maximum Gasteiger partial charge on any atom is 0.321 e. The Bertz CT molecular complexity index is 256. The Morgan fingerprint density at radius 1 is 0.947 bits per heavy atom. The number of unbranched alkanes of at least 4 members (excludes halogenated alkanes) is 7. The highest BCUT2D eigenvalue weighted by atomic mass is 16.4. The average Bonchev–Trinajstić information content (AvgIpc) is 2.34. The fourth-order valence-electron chi connectivity index (χ4n) is 1.96. The van der Waals surface area contributed by atoms with E-state index in [0.717, 1.165) is 12.8 Å². The van der Waals surface area contributed by atoms with Gasteiger partial charge < -0.3 is 15.5 Å². The molecule has 0 amide bonds. The molecule has 0 heterocycles. The largest absolute Gasteiger partial charge is 0.481 e. The molecule has 1 atom stereocenters. The summed E-state index contributed by atoms with van der Waals surface area (Å²) in [6, 6.07) is -0.970. The van der Waals surface area contributed by atoms with Crippen LogP contribution >= 0.6 is 0 Å². The van der Waals surface area contributed by atoms with Crippen LogP contribution in [-0.2, 0) is 9.59 Å². The van der Waals surface area contributed by atoms with Gasteiger partial charge in [0.1, 0.15) is 6.04 Å². The third kappa shape index (κ3) is 11.7. The van der Waals surface area contributed by atoms with Crippen LogP contribution in [0.3, 0.4) is 0 Å². The first kappa shape index (κ1) is 17.9. The van der Waals surface area contributed by atoms with E-state index in [9.17, 15) is 9.59 Å². The number of carboxylic acid groups (broad SMARTS) is 2. The number of hydrogen-bond donors (Lipinski definition) is 3. The summed E-state index contributed by atoms with van der Waals surface area (Å²) in [7, 11) is 0. The van der Waals surface area contributed by atoms with E-state index >= 15 is 0 Å². The number of nitrogens with one attached hydrogen (secondary N) is 1. The average molecular weight is 273 g/mol. The molecule has 0 aromatic heterocycles. The fraction of sp³-hybridized carbons (Fsp3) is 0.857. The van der Waals surface area contributed by atoms with Crippen LogP contribution in [0.2, 0.25) is 0 Å². The van der Waals surface area contributed by atoms with Gasteiger partial charge in [0.15, 0.2) is 0 Å². The van der Waals surface area contributed by atoms with E-state index in [0.29, 0.717) is 6.54 Å². The standard InChI is InChI=1S/C14H27NO4/c1-2-3-4-5-6-7-8-9-10-15-12(14(18)19)11-13(16)17/h12,15H,2-11H2,1H3,(H,16,17)(H,18,19)/t12-/m0/s1. The molecule has 0 aliphatic rings. The summed E-state index contributed by atoms with van der Waals surface area (Å²) in [5, 5.41) is 20.2.